The van der Waals surface area contributed by atoms with Gasteiger partial charge < -0.3 is 19.0 Å². The summed E-state index contributed by atoms with van der Waals surface area (Å²) in [5.41, 5.74) is -0.657. The van der Waals surface area contributed by atoms with Gasteiger partial charge in [0.1, 0.15) is 6.26 Å². The Morgan fingerprint density at radius 3 is 2.81 bits per heavy atom. The van der Waals surface area contributed by atoms with Crippen LogP contribution in [0.1, 0.15) is 27.9 Å². The number of piperidine rings is 1. The first-order valence-corrected chi connectivity index (χ1v) is 9.94. The molecule has 9 heteroatoms. The van der Waals surface area contributed by atoms with Crippen molar-refractivity contribution in [3.63, 3.8) is 0 Å². The van der Waals surface area contributed by atoms with Crippen molar-refractivity contribution in [3.8, 4) is 6.07 Å². The highest BCUT2D eigenvalue weighted by molar-refractivity contribution is 5.94. The number of ether oxygens (including phenoxy) is 1. The molecule has 1 aromatic heterocycles. The number of hydrogen-bond acceptors (Lipinski definition) is 5. The van der Waals surface area contributed by atoms with E-state index in [1.807, 2.05) is 4.90 Å². The number of likely N-dealkylation sites (tertiary alicyclic amines) is 1. The van der Waals surface area contributed by atoms with Gasteiger partial charge in [0.25, 0.3) is 5.91 Å². The van der Waals surface area contributed by atoms with Crippen molar-refractivity contribution in [2.24, 2.45) is 11.3 Å². The molecule has 0 aliphatic carbocycles. The molecule has 4 rings (SSSR count). The van der Waals surface area contributed by atoms with E-state index in [-0.39, 0.29) is 22.8 Å². The highest BCUT2D eigenvalue weighted by Gasteiger charge is 2.51. The number of methoxy groups -OCH3 is 1. The van der Waals surface area contributed by atoms with E-state index in [1.54, 1.807) is 30.2 Å². The zero-order valence-corrected chi connectivity index (χ0v) is 17.0. The van der Waals surface area contributed by atoms with E-state index in [9.17, 15) is 18.0 Å². The van der Waals surface area contributed by atoms with Crippen molar-refractivity contribution in [1.29, 1.82) is 5.26 Å². The van der Waals surface area contributed by atoms with E-state index in [1.165, 1.54) is 18.6 Å². The molecule has 2 saturated heterocycles. The van der Waals surface area contributed by atoms with Crippen LogP contribution in [-0.2, 0) is 10.9 Å². The van der Waals surface area contributed by atoms with Gasteiger partial charge in [-0.1, -0.05) is 0 Å². The Kier molecular flexibility index (Phi) is 5.43. The third-order valence-electron chi connectivity index (χ3n) is 6.41. The number of fused-ring (bicyclic) bond motifs is 1. The fourth-order valence-electron chi connectivity index (χ4n) is 4.82. The molecular weight excluding hydrogens is 411 g/mol. The summed E-state index contributed by atoms with van der Waals surface area (Å²) in [6.45, 7) is 2.54. The molecule has 3 heterocycles. The second-order valence-corrected chi connectivity index (χ2v) is 8.23. The minimum absolute atomic E-state index is 0.0435. The highest BCUT2D eigenvalue weighted by atomic mass is 19.4. The van der Waals surface area contributed by atoms with Gasteiger partial charge in [-0.25, -0.2) is 0 Å². The van der Waals surface area contributed by atoms with Crippen LogP contribution in [0.3, 0.4) is 0 Å². The molecule has 6 nitrogen and oxygen atoms in total. The van der Waals surface area contributed by atoms with Gasteiger partial charge in [0.15, 0.2) is 0 Å². The van der Waals surface area contributed by atoms with E-state index in [2.05, 4.69) is 0 Å². The average molecular weight is 433 g/mol. The van der Waals surface area contributed by atoms with Crippen LogP contribution in [0.25, 0.3) is 0 Å². The van der Waals surface area contributed by atoms with Gasteiger partial charge in [-0.15, -0.1) is 0 Å². The molecule has 0 radical (unpaired) electrons. The zero-order chi connectivity index (χ0) is 22.2. The Morgan fingerprint density at radius 2 is 2.16 bits per heavy atom. The van der Waals surface area contributed by atoms with Crippen LogP contribution in [0.15, 0.2) is 41.2 Å². The number of halogens is 3. The van der Waals surface area contributed by atoms with E-state index >= 15 is 0 Å². The number of carbonyl (C=O) groups excluding carboxylic acids is 1. The average Bonchev–Trinajstić information content (AvgIpc) is 3.40. The van der Waals surface area contributed by atoms with Crippen LogP contribution in [0, 0.1) is 22.7 Å². The molecule has 0 N–H and O–H groups in total. The summed E-state index contributed by atoms with van der Waals surface area (Å²) in [6, 6.07) is 7.06. The van der Waals surface area contributed by atoms with Crippen molar-refractivity contribution >= 4 is 11.6 Å². The molecule has 2 atom stereocenters. The van der Waals surface area contributed by atoms with Crippen molar-refractivity contribution < 1.29 is 27.1 Å². The number of anilines is 1. The molecule has 0 spiro atoms. The van der Waals surface area contributed by atoms with E-state index in [4.69, 9.17) is 14.4 Å². The van der Waals surface area contributed by atoms with Gasteiger partial charge in [-0.05, 0) is 30.7 Å². The molecule has 1 aromatic carbocycles. The predicted octanol–water partition coefficient (Wildman–Crippen LogP) is 3.79. The topological polar surface area (TPSA) is 69.7 Å². The molecule has 2 fully saturated rings. The number of furan rings is 1. The smallest absolute Gasteiger partial charge is 0.417 e. The highest BCUT2D eigenvalue weighted by Crippen LogP contribution is 2.45. The summed E-state index contributed by atoms with van der Waals surface area (Å²) in [6.07, 6.45) is -1.05. The molecule has 164 valence electrons. The monoisotopic (exact) mass is 433 g/mol. The number of amides is 1. The second-order valence-electron chi connectivity index (χ2n) is 8.23. The van der Waals surface area contributed by atoms with Crippen molar-refractivity contribution in [3.05, 3.63) is 53.5 Å². The van der Waals surface area contributed by atoms with Crippen LogP contribution < -0.4 is 4.90 Å². The maximum absolute atomic E-state index is 13.4. The molecule has 0 bridgehead atoms. The van der Waals surface area contributed by atoms with E-state index < -0.39 is 11.7 Å². The summed E-state index contributed by atoms with van der Waals surface area (Å²) in [5.74, 6) is -0.0788. The summed E-state index contributed by atoms with van der Waals surface area (Å²) in [7, 11) is 1.62. The molecule has 2 aliphatic rings. The Balaban J connectivity index is 1.58. The Bertz CT molecular complexity index is 1000. The largest absolute Gasteiger partial charge is 0.472 e. The van der Waals surface area contributed by atoms with Gasteiger partial charge in [-0.2, -0.15) is 18.4 Å². The van der Waals surface area contributed by atoms with Crippen molar-refractivity contribution in [2.75, 3.05) is 44.8 Å². The minimum atomic E-state index is -4.60. The summed E-state index contributed by atoms with van der Waals surface area (Å²) in [4.78, 5) is 16.5. The van der Waals surface area contributed by atoms with Gasteiger partial charge >= 0.3 is 6.18 Å². The van der Waals surface area contributed by atoms with E-state index in [0.717, 1.165) is 6.07 Å². The Morgan fingerprint density at radius 1 is 1.35 bits per heavy atom. The summed E-state index contributed by atoms with van der Waals surface area (Å²) in [5, 5.41) is 9.04. The van der Waals surface area contributed by atoms with Crippen LogP contribution in [-0.4, -0.2) is 50.7 Å². The quantitative estimate of drug-likeness (QED) is 0.734. The molecular formula is C22H22F3N3O3. The number of nitrogens with zero attached hydrogens (tertiary/aromatic N) is 3. The first-order valence-electron chi connectivity index (χ1n) is 9.94. The number of nitriles is 1. The Hall–Kier alpha value is -2.99. The first kappa shape index (κ1) is 21.2. The molecule has 0 saturated carbocycles. The van der Waals surface area contributed by atoms with Gasteiger partial charge in [0.05, 0.1) is 35.6 Å². The maximum Gasteiger partial charge on any atom is 0.417 e. The van der Waals surface area contributed by atoms with Crippen molar-refractivity contribution in [1.82, 2.24) is 4.90 Å². The van der Waals surface area contributed by atoms with E-state index in [0.29, 0.717) is 50.5 Å². The lowest BCUT2D eigenvalue weighted by atomic mass is 9.73. The lowest BCUT2D eigenvalue weighted by Crippen LogP contribution is -2.49. The van der Waals surface area contributed by atoms with Crippen LogP contribution in [0.5, 0.6) is 0 Å². The van der Waals surface area contributed by atoms with Crippen LogP contribution in [0.2, 0.25) is 0 Å². The molecule has 0 unspecified atom stereocenters. The third kappa shape index (κ3) is 3.88. The summed E-state index contributed by atoms with van der Waals surface area (Å²) < 4.78 is 50.7. The number of alkyl halides is 3. The zero-order valence-electron chi connectivity index (χ0n) is 17.0. The van der Waals surface area contributed by atoms with Gasteiger partial charge in [0, 0.05) is 50.3 Å². The molecule has 1 amide bonds. The predicted molar refractivity (Wildman–Crippen MR) is 105 cm³/mol. The van der Waals surface area contributed by atoms with Crippen LogP contribution >= 0.6 is 0 Å². The SMILES string of the molecule is COC[C@@]12CCN(c3ccc(C#N)c(C(F)(F)F)c3)C[C@@H]1CN(C(=O)c1ccoc1)C2. The maximum atomic E-state index is 13.4. The number of carbonyl (C=O) groups is 1. The van der Waals surface area contributed by atoms with Crippen molar-refractivity contribution in [2.45, 2.75) is 12.6 Å². The number of hydrogen-bond donors (Lipinski definition) is 0. The molecule has 31 heavy (non-hydrogen) atoms. The Labute approximate surface area is 177 Å². The lowest BCUT2D eigenvalue weighted by Gasteiger charge is -2.44. The molecule has 2 aromatic rings. The fourth-order valence-corrected chi connectivity index (χ4v) is 4.82. The third-order valence-corrected chi connectivity index (χ3v) is 6.41. The summed E-state index contributed by atoms with van der Waals surface area (Å²) >= 11 is 0. The van der Waals surface area contributed by atoms with Gasteiger partial charge in [-0.3, -0.25) is 4.79 Å². The standard InChI is InChI=1S/C22H22F3N3O3/c1-30-14-21-5-6-27(18-3-2-15(9-26)19(8-18)22(23,24)25)10-17(21)11-28(13-21)20(29)16-4-7-31-12-16/h2-4,7-8,12,17H,5-6,10-11,13-14H2,1H3/t17-,21+/m1/s1. The second kappa shape index (κ2) is 7.93. The van der Waals surface area contributed by atoms with Gasteiger partial charge in [0.2, 0.25) is 0 Å². The fraction of sp³-hybridized carbons (Fsp3) is 0.455. The normalized spacial score (nSPS) is 23.5. The number of benzene rings is 1. The molecule has 2 aliphatic heterocycles. The lowest BCUT2D eigenvalue weighted by molar-refractivity contribution is -0.137. The number of rotatable bonds is 4. The van der Waals surface area contributed by atoms with Crippen LogP contribution in [0.4, 0.5) is 18.9 Å². The first-order chi connectivity index (χ1) is 14.8. The minimum Gasteiger partial charge on any atom is -0.472 e.